The van der Waals surface area contributed by atoms with Crippen molar-refractivity contribution in [3.05, 3.63) is 54.1 Å². The van der Waals surface area contributed by atoms with E-state index in [0.717, 1.165) is 18.4 Å². The minimum absolute atomic E-state index is 0.119. The second-order valence-corrected chi connectivity index (χ2v) is 10.5. The molecule has 0 atom stereocenters. The van der Waals surface area contributed by atoms with Crippen LogP contribution < -0.4 is 9.47 Å². The maximum absolute atomic E-state index is 13.2. The zero-order valence-electron chi connectivity index (χ0n) is 19.1. The van der Waals surface area contributed by atoms with Crippen LogP contribution >= 0.6 is 0 Å². The molecule has 2 aliphatic rings. The van der Waals surface area contributed by atoms with Gasteiger partial charge in [0.2, 0.25) is 15.9 Å². The fourth-order valence-electron chi connectivity index (χ4n) is 4.40. The maximum atomic E-state index is 13.2. The molecule has 2 aliphatic heterocycles. The number of amides is 1. The molecule has 0 N–H and O–H groups in total. The van der Waals surface area contributed by atoms with Crippen LogP contribution in [0.1, 0.15) is 38.2 Å². The summed E-state index contributed by atoms with van der Waals surface area (Å²) >= 11 is 0. The molecule has 0 aromatic heterocycles. The maximum Gasteiger partial charge on any atom is 0.243 e. The Morgan fingerprint density at radius 3 is 2.42 bits per heavy atom. The van der Waals surface area contributed by atoms with Crippen LogP contribution in [0.25, 0.3) is 0 Å². The molecule has 0 aliphatic carbocycles. The van der Waals surface area contributed by atoms with Gasteiger partial charge in [-0.15, -0.1) is 0 Å². The quantitative estimate of drug-likeness (QED) is 0.614. The number of hydrogen-bond donors (Lipinski definition) is 0. The molecule has 0 radical (unpaired) electrons. The number of ether oxygens (including phenoxy) is 2. The molecule has 2 aromatic carbocycles. The third-order valence-electron chi connectivity index (χ3n) is 6.18. The Balaban J connectivity index is 1.41. The number of fused-ring (bicyclic) bond motifs is 1. The summed E-state index contributed by atoms with van der Waals surface area (Å²) in [5, 5.41) is 0. The number of sulfonamides is 1. The van der Waals surface area contributed by atoms with Gasteiger partial charge in [-0.2, -0.15) is 4.31 Å². The summed E-state index contributed by atoms with van der Waals surface area (Å²) in [5.41, 5.74) is 1.11. The average Bonchev–Trinajstić information content (AvgIpc) is 3.09. The molecular weight excluding hydrogens is 440 g/mol. The first-order valence-corrected chi connectivity index (χ1v) is 13.2. The van der Waals surface area contributed by atoms with Gasteiger partial charge in [0.25, 0.3) is 0 Å². The number of piperidine rings is 1. The number of nitrogens with zero attached hydrogens (tertiary/aromatic N) is 2. The van der Waals surface area contributed by atoms with E-state index < -0.39 is 10.0 Å². The van der Waals surface area contributed by atoms with E-state index in [9.17, 15) is 13.2 Å². The van der Waals surface area contributed by atoms with Crippen LogP contribution in [0.15, 0.2) is 53.4 Å². The van der Waals surface area contributed by atoms with Crippen LogP contribution in [0, 0.1) is 5.92 Å². The third-order valence-corrected chi connectivity index (χ3v) is 8.08. The van der Waals surface area contributed by atoms with Crippen LogP contribution in [0.4, 0.5) is 0 Å². The van der Waals surface area contributed by atoms with Crippen molar-refractivity contribution in [1.29, 1.82) is 0 Å². The van der Waals surface area contributed by atoms with E-state index in [4.69, 9.17) is 9.47 Å². The van der Waals surface area contributed by atoms with Gasteiger partial charge in [0.05, 0.1) is 18.1 Å². The van der Waals surface area contributed by atoms with Crippen LogP contribution in [0.2, 0.25) is 0 Å². The predicted molar refractivity (Wildman–Crippen MR) is 126 cm³/mol. The second-order valence-electron chi connectivity index (χ2n) is 8.58. The molecule has 0 saturated carbocycles. The summed E-state index contributed by atoms with van der Waals surface area (Å²) in [5.74, 6) is 1.00. The molecule has 0 unspecified atom stereocenters. The van der Waals surface area contributed by atoms with E-state index in [1.807, 2.05) is 35.2 Å². The molecule has 2 aromatic rings. The number of carbonyl (C=O) groups excluding carboxylic acids is 1. The average molecular weight is 473 g/mol. The van der Waals surface area contributed by atoms with Gasteiger partial charge in [-0.1, -0.05) is 37.3 Å². The highest BCUT2D eigenvalue weighted by atomic mass is 32.2. The van der Waals surface area contributed by atoms with Gasteiger partial charge in [0, 0.05) is 44.6 Å². The summed E-state index contributed by atoms with van der Waals surface area (Å²) in [6.07, 6.45) is 2.70. The minimum atomic E-state index is -3.66. The summed E-state index contributed by atoms with van der Waals surface area (Å²) in [4.78, 5) is 15.4. The summed E-state index contributed by atoms with van der Waals surface area (Å²) in [7, 11) is -3.66. The van der Waals surface area contributed by atoms with Crippen molar-refractivity contribution in [2.24, 2.45) is 5.92 Å². The lowest BCUT2D eigenvalue weighted by molar-refractivity contribution is -0.137. The van der Waals surface area contributed by atoms with E-state index in [-0.39, 0.29) is 16.7 Å². The Labute approximate surface area is 196 Å². The summed E-state index contributed by atoms with van der Waals surface area (Å²) < 4.78 is 39.2. The first-order valence-electron chi connectivity index (χ1n) is 11.7. The second kappa shape index (κ2) is 10.6. The molecule has 7 nitrogen and oxygen atoms in total. The third kappa shape index (κ3) is 5.50. The fourth-order valence-corrected chi connectivity index (χ4v) is 5.88. The van der Waals surface area contributed by atoms with Crippen LogP contribution in [0.3, 0.4) is 0 Å². The SMILES string of the molecule is CCCN(Cc1ccccc1)C(=O)C1CCN(S(=O)(=O)c2ccc3c(c2)OCCCO3)CC1. The summed E-state index contributed by atoms with van der Waals surface area (Å²) in [6, 6.07) is 14.8. The standard InChI is InChI=1S/C25H32N2O5S/c1-2-13-26(19-20-7-4-3-5-8-20)25(28)21-11-14-27(15-12-21)33(29,30)22-9-10-23-24(18-22)32-17-6-16-31-23/h3-5,7-10,18,21H,2,6,11-17,19H2,1H3. The molecular formula is C25H32N2O5S. The zero-order valence-corrected chi connectivity index (χ0v) is 19.9. The van der Waals surface area contributed by atoms with Crippen molar-refractivity contribution in [1.82, 2.24) is 9.21 Å². The van der Waals surface area contributed by atoms with Crippen molar-refractivity contribution in [3.63, 3.8) is 0 Å². The van der Waals surface area contributed by atoms with E-state index in [2.05, 4.69) is 6.92 Å². The molecule has 2 heterocycles. The number of benzene rings is 2. The Morgan fingerprint density at radius 1 is 1.03 bits per heavy atom. The van der Waals surface area contributed by atoms with Gasteiger partial charge in [-0.3, -0.25) is 4.79 Å². The Morgan fingerprint density at radius 2 is 1.73 bits per heavy atom. The molecule has 0 spiro atoms. The molecule has 0 bridgehead atoms. The molecule has 178 valence electrons. The smallest absolute Gasteiger partial charge is 0.243 e. The zero-order chi connectivity index (χ0) is 23.3. The fraction of sp³-hybridized carbons (Fsp3) is 0.480. The first kappa shape index (κ1) is 23.6. The number of rotatable bonds is 7. The van der Waals surface area contributed by atoms with E-state index in [0.29, 0.717) is 63.7 Å². The summed E-state index contributed by atoms with van der Waals surface area (Å²) in [6.45, 7) is 5.07. The van der Waals surface area contributed by atoms with Crippen LogP contribution in [0.5, 0.6) is 11.5 Å². The van der Waals surface area contributed by atoms with E-state index in [1.165, 1.54) is 4.31 Å². The largest absolute Gasteiger partial charge is 0.490 e. The molecule has 1 fully saturated rings. The van der Waals surface area contributed by atoms with Gasteiger partial charge >= 0.3 is 0 Å². The van der Waals surface area contributed by atoms with Crippen LogP contribution in [-0.4, -0.2) is 56.4 Å². The van der Waals surface area contributed by atoms with Gasteiger partial charge in [0.1, 0.15) is 0 Å². The van der Waals surface area contributed by atoms with Crippen LogP contribution in [-0.2, 0) is 21.4 Å². The topological polar surface area (TPSA) is 76.2 Å². The normalized spacial score (nSPS) is 17.4. The van der Waals surface area contributed by atoms with Gasteiger partial charge in [-0.05, 0) is 37.0 Å². The van der Waals surface area contributed by atoms with Gasteiger partial charge in [0.15, 0.2) is 11.5 Å². The number of hydrogen-bond acceptors (Lipinski definition) is 5. The lowest BCUT2D eigenvalue weighted by Crippen LogP contribution is -2.44. The first-order chi connectivity index (χ1) is 16.0. The van der Waals surface area contributed by atoms with Gasteiger partial charge in [-0.25, -0.2) is 8.42 Å². The van der Waals surface area contributed by atoms with Crippen molar-refractivity contribution in [2.75, 3.05) is 32.8 Å². The minimum Gasteiger partial charge on any atom is -0.490 e. The highest BCUT2D eigenvalue weighted by Gasteiger charge is 2.34. The molecule has 33 heavy (non-hydrogen) atoms. The van der Waals surface area contributed by atoms with E-state index in [1.54, 1.807) is 18.2 Å². The number of carbonyl (C=O) groups is 1. The molecule has 1 saturated heterocycles. The Hall–Kier alpha value is -2.58. The lowest BCUT2D eigenvalue weighted by Gasteiger charge is -2.33. The molecule has 4 rings (SSSR count). The van der Waals surface area contributed by atoms with E-state index >= 15 is 0 Å². The van der Waals surface area contributed by atoms with Crippen molar-refractivity contribution in [3.8, 4) is 11.5 Å². The predicted octanol–water partition coefficient (Wildman–Crippen LogP) is 3.69. The highest BCUT2D eigenvalue weighted by Crippen LogP contribution is 2.34. The van der Waals surface area contributed by atoms with Crippen molar-refractivity contribution in [2.45, 2.75) is 44.0 Å². The highest BCUT2D eigenvalue weighted by molar-refractivity contribution is 7.89. The lowest BCUT2D eigenvalue weighted by atomic mass is 9.96. The Kier molecular flexibility index (Phi) is 7.55. The van der Waals surface area contributed by atoms with Gasteiger partial charge < -0.3 is 14.4 Å². The molecule has 8 heteroatoms. The Bertz CT molecular complexity index is 1050. The molecule has 1 amide bonds. The van der Waals surface area contributed by atoms with Crippen molar-refractivity contribution < 1.29 is 22.7 Å². The monoisotopic (exact) mass is 472 g/mol. The van der Waals surface area contributed by atoms with Crippen molar-refractivity contribution >= 4 is 15.9 Å².